The molecule has 0 atom stereocenters. The molecule has 118 valence electrons. The zero-order valence-electron chi connectivity index (χ0n) is 12.8. The number of imidazole rings is 1. The standard InChI is InChI=1S/C19H15N3OS/c23-18(16-12-21-17-9-5-4-8-15(16)17)13-24-19-20-10-11-22(19)14-6-2-1-3-7-14/h1-12,21H,13H2. The van der Waals surface area contributed by atoms with E-state index in [1.165, 1.54) is 11.8 Å². The summed E-state index contributed by atoms with van der Waals surface area (Å²) < 4.78 is 1.99. The van der Waals surface area contributed by atoms with E-state index in [0.717, 1.165) is 27.3 Å². The molecule has 0 aliphatic rings. The summed E-state index contributed by atoms with van der Waals surface area (Å²) in [4.78, 5) is 20.1. The van der Waals surface area contributed by atoms with Gasteiger partial charge in [-0.05, 0) is 18.2 Å². The highest BCUT2D eigenvalue weighted by Crippen LogP contribution is 2.24. The second-order valence-electron chi connectivity index (χ2n) is 5.38. The number of carbonyl (C=O) groups is 1. The van der Waals surface area contributed by atoms with E-state index >= 15 is 0 Å². The van der Waals surface area contributed by atoms with Crippen molar-refractivity contribution in [1.29, 1.82) is 0 Å². The van der Waals surface area contributed by atoms with E-state index < -0.39 is 0 Å². The Labute approximate surface area is 143 Å². The summed E-state index contributed by atoms with van der Waals surface area (Å²) in [5.41, 5.74) is 2.75. The number of fused-ring (bicyclic) bond motifs is 1. The summed E-state index contributed by atoms with van der Waals surface area (Å²) >= 11 is 1.45. The van der Waals surface area contributed by atoms with Crippen molar-refractivity contribution in [1.82, 2.24) is 14.5 Å². The van der Waals surface area contributed by atoms with Crippen LogP contribution in [0.4, 0.5) is 0 Å². The van der Waals surface area contributed by atoms with E-state index in [2.05, 4.69) is 9.97 Å². The molecule has 0 amide bonds. The Morgan fingerprint density at radius 3 is 2.75 bits per heavy atom. The van der Waals surface area contributed by atoms with Crippen molar-refractivity contribution in [2.24, 2.45) is 0 Å². The molecular formula is C19H15N3OS. The molecule has 5 heteroatoms. The van der Waals surface area contributed by atoms with Gasteiger partial charge in [0.2, 0.25) is 0 Å². The van der Waals surface area contributed by atoms with Gasteiger partial charge >= 0.3 is 0 Å². The number of nitrogens with zero attached hydrogens (tertiary/aromatic N) is 2. The van der Waals surface area contributed by atoms with Crippen LogP contribution < -0.4 is 0 Å². The van der Waals surface area contributed by atoms with E-state index in [1.54, 1.807) is 12.4 Å². The summed E-state index contributed by atoms with van der Waals surface area (Å²) in [6.45, 7) is 0. The Morgan fingerprint density at radius 2 is 1.88 bits per heavy atom. The number of aromatic amines is 1. The first-order chi connectivity index (χ1) is 11.8. The lowest BCUT2D eigenvalue weighted by atomic mass is 10.1. The third kappa shape index (κ3) is 2.74. The lowest BCUT2D eigenvalue weighted by molar-refractivity contribution is 0.102. The fourth-order valence-electron chi connectivity index (χ4n) is 2.69. The Kier molecular flexibility index (Phi) is 3.92. The lowest BCUT2D eigenvalue weighted by Crippen LogP contribution is -2.03. The third-order valence-corrected chi connectivity index (χ3v) is 4.83. The summed E-state index contributed by atoms with van der Waals surface area (Å²) in [6, 6.07) is 17.8. The van der Waals surface area contributed by atoms with Crippen LogP contribution in [-0.2, 0) is 0 Å². The molecule has 0 unspecified atom stereocenters. The van der Waals surface area contributed by atoms with Crippen LogP contribution in [-0.4, -0.2) is 26.1 Å². The van der Waals surface area contributed by atoms with Crippen LogP contribution in [0.1, 0.15) is 10.4 Å². The molecule has 0 bridgehead atoms. The number of Topliss-reactive ketones (excluding diaryl/α,β-unsaturated/α-hetero) is 1. The average molecular weight is 333 g/mol. The van der Waals surface area contributed by atoms with Gasteiger partial charge in [-0.2, -0.15) is 0 Å². The lowest BCUT2D eigenvalue weighted by Gasteiger charge is -2.06. The molecule has 0 aliphatic carbocycles. The van der Waals surface area contributed by atoms with Crippen molar-refractivity contribution in [3.05, 3.63) is 78.8 Å². The molecule has 0 saturated carbocycles. The average Bonchev–Trinajstić information content (AvgIpc) is 3.27. The van der Waals surface area contributed by atoms with Gasteiger partial charge in [0, 0.05) is 40.7 Å². The smallest absolute Gasteiger partial charge is 0.175 e. The number of hydrogen-bond acceptors (Lipinski definition) is 3. The maximum absolute atomic E-state index is 12.6. The van der Waals surface area contributed by atoms with Gasteiger partial charge in [-0.1, -0.05) is 48.2 Å². The fourth-order valence-corrected chi connectivity index (χ4v) is 3.55. The SMILES string of the molecule is O=C(CSc1nccn1-c1ccccc1)c1c[nH]c2ccccc12. The number of H-pyrrole nitrogens is 1. The number of aromatic nitrogens is 3. The number of carbonyl (C=O) groups excluding carboxylic acids is 1. The van der Waals surface area contributed by atoms with E-state index in [-0.39, 0.29) is 5.78 Å². The van der Waals surface area contributed by atoms with Crippen molar-refractivity contribution in [2.75, 3.05) is 5.75 Å². The van der Waals surface area contributed by atoms with Gasteiger partial charge in [-0.25, -0.2) is 4.98 Å². The van der Waals surface area contributed by atoms with Crippen molar-refractivity contribution < 1.29 is 4.79 Å². The first kappa shape index (κ1) is 14.8. The number of nitrogens with one attached hydrogen (secondary N) is 1. The summed E-state index contributed by atoms with van der Waals surface area (Å²) in [5.74, 6) is 0.450. The highest BCUT2D eigenvalue weighted by Gasteiger charge is 2.14. The van der Waals surface area contributed by atoms with Crippen LogP contribution in [0.15, 0.2) is 78.3 Å². The van der Waals surface area contributed by atoms with Gasteiger partial charge in [0.15, 0.2) is 10.9 Å². The molecule has 2 aromatic carbocycles. The van der Waals surface area contributed by atoms with Crippen molar-refractivity contribution in [3.8, 4) is 5.69 Å². The van der Waals surface area contributed by atoms with E-state index in [1.807, 2.05) is 65.4 Å². The van der Waals surface area contributed by atoms with Gasteiger partial charge in [0.1, 0.15) is 0 Å². The van der Waals surface area contributed by atoms with Gasteiger partial charge in [0.05, 0.1) is 5.75 Å². The fraction of sp³-hybridized carbons (Fsp3) is 0.0526. The van der Waals surface area contributed by atoms with Gasteiger partial charge in [0.25, 0.3) is 0 Å². The molecular weight excluding hydrogens is 318 g/mol. The number of ketones is 1. The first-order valence-corrected chi connectivity index (χ1v) is 8.62. The Bertz CT molecular complexity index is 988. The summed E-state index contributed by atoms with van der Waals surface area (Å²) in [7, 11) is 0. The summed E-state index contributed by atoms with van der Waals surface area (Å²) in [6.07, 6.45) is 5.45. The first-order valence-electron chi connectivity index (χ1n) is 7.64. The number of thioether (sulfide) groups is 1. The third-order valence-electron chi connectivity index (χ3n) is 3.86. The number of para-hydroxylation sites is 2. The van der Waals surface area contributed by atoms with Crippen LogP contribution in [0, 0.1) is 0 Å². The molecule has 0 spiro atoms. The molecule has 2 heterocycles. The maximum Gasteiger partial charge on any atom is 0.175 e. The Hall–Kier alpha value is -2.79. The monoisotopic (exact) mass is 333 g/mol. The molecule has 4 rings (SSSR count). The minimum atomic E-state index is 0.0973. The quantitative estimate of drug-likeness (QED) is 0.437. The molecule has 0 saturated heterocycles. The second-order valence-corrected chi connectivity index (χ2v) is 6.32. The second kappa shape index (κ2) is 6.37. The van der Waals surface area contributed by atoms with Gasteiger partial charge < -0.3 is 4.98 Å². The van der Waals surface area contributed by atoms with E-state index in [4.69, 9.17) is 0 Å². The maximum atomic E-state index is 12.6. The van der Waals surface area contributed by atoms with Crippen LogP contribution in [0.5, 0.6) is 0 Å². The number of benzene rings is 2. The highest BCUT2D eigenvalue weighted by molar-refractivity contribution is 7.99. The molecule has 0 fully saturated rings. The van der Waals surface area contributed by atoms with E-state index in [0.29, 0.717) is 5.75 Å². The van der Waals surface area contributed by atoms with Gasteiger partial charge in [-0.3, -0.25) is 9.36 Å². The van der Waals surface area contributed by atoms with Crippen molar-refractivity contribution >= 4 is 28.4 Å². The Balaban J connectivity index is 1.54. The van der Waals surface area contributed by atoms with Gasteiger partial charge in [-0.15, -0.1) is 0 Å². The molecule has 4 nitrogen and oxygen atoms in total. The Morgan fingerprint density at radius 1 is 1.08 bits per heavy atom. The van der Waals surface area contributed by atoms with Crippen LogP contribution in [0.25, 0.3) is 16.6 Å². The van der Waals surface area contributed by atoms with E-state index in [9.17, 15) is 4.79 Å². The topological polar surface area (TPSA) is 50.7 Å². The molecule has 1 N–H and O–H groups in total. The number of rotatable bonds is 5. The zero-order valence-corrected chi connectivity index (χ0v) is 13.7. The molecule has 4 aromatic rings. The molecule has 0 radical (unpaired) electrons. The highest BCUT2D eigenvalue weighted by atomic mass is 32.2. The normalized spacial score (nSPS) is 11.0. The summed E-state index contributed by atoms with van der Waals surface area (Å²) in [5, 5.41) is 1.78. The van der Waals surface area contributed by atoms with Crippen LogP contribution in [0.2, 0.25) is 0 Å². The minimum Gasteiger partial charge on any atom is -0.360 e. The largest absolute Gasteiger partial charge is 0.360 e. The van der Waals surface area contributed by atoms with Crippen LogP contribution in [0.3, 0.4) is 0 Å². The van der Waals surface area contributed by atoms with Crippen molar-refractivity contribution in [3.63, 3.8) is 0 Å². The predicted molar refractivity (Wildman–Crippen MR) is 96.9 cm³/mol. The minimum absolute atomic E-state index is 0.0973. The van der Waals surface area contributed by atoms with Crippen LogP contribution >= 0.6 is 11.8 Å². The molecule has 0 aliphatic heterocycles. The number of hydrogen-bond donors (Lipinski definition) is 1. The zero-order chi connectivity index (χ0) is 16.4. The predicted octanol–water partition coefficient (Wildman–Crippen LogP) is 4.33. The van der Waals surface area contributed by atoms with Crippen molar-refractivity contribution in [2.45, 2.75) is 5.16 Å². The molecule has 2 aromatic heterocycles. The molecule has 24 heavy (non-hydrogen) atoms.